The highest BCUT2D eigenvalue weighted by atomic mass is 32.2. The van der Waals surface area contributed by atoms with Crippen molar-refractivity contribution < 1.29 is 8.42 Å². The number of nitrogens with one attached hydrogen (secondary N) is 1. The van der Waals surface area contributed by atoms with E-state index in [1.807, 2.05) is 37.3 Å². The minimum atomic E-state index is -3.60. The van der Waals surface area contributed by atoms with Crippen molar-refractivity contribution in [1.29, 1.82) is 0 Å². The zero-order valence-electron chi connectivity index (χ0n) is 17.9. The van der Waals surface area contributed by atoms with Crippen LogP contribution in [0.15, 0.2) is 83.8 Å². The molecule has 3 nitrogen and oxygen atoms in total. The summed E-state index contributed by atoms with van der Waals surface area (Å²) in [6.07, 6.45) is 1.88. The lowest BCUT2D eigenvalue weighted by Gasteiger charge is -2.46. The number of hydrogen-bond donors (Lipinski definition) is 1. The van der Waals surface area contributed by atoms with Gasteiger partial charge in [-0.3, -0.25) is 0 Å². The van der Waals surface area contributed by atoms with Crippen LogP contribution < -0.4 is 4.72 Å². The van der Waals surface area contributed by atoms with Crippen LogP contribution in [0.3, 0.4) is 0 Å². The fraction of sp³-hybridized carbons (Fsp3) is 0.308. The number of fused-ring (bicyclic) bond motifs is 1. The number of sulfonamides is 1. The van der Waals surface area contributed by atoms with Crippen LogP contribution in [0.1, 0.15) is 48.9 Å². The van der Waals surface area contributed by atoms with Gasteiger partial charge in [0.25, 0.3) is 0 Å². The second-order valence-electron chi connectivity index (χ2n) is 9.02. The van der Waals surface area contributed by atoms with Crippen LogP contribution >= 0.6 is 0 Å². The maximum Gasteiger partial charge on any atom is 0.240 e. The molecule has 156 valence electrons. The van der Waals surface area contributed by atoms with Crippen molar-refractivity contribution in [2.24, 2.45) is 0 Å². The fourth-order valence-corrected chi connectivity index (χ4v) is 5.74. The lowest BCUT2D eigenvalue weighted by molar-refractivity contribution is 0.331. The number of hydrogen-bond acceptors (Lipinski definition) is 2. The van der Waals surface area contributed by atoms with Crippen molar-refractivity contribution in [3.8, 4) is 0 Å². The summed E-state index contributed by atoms with van der Waals surface area (Å²) in [5.41, 5.74) is 4.38. The van der Waals surface area contributed by atoms with Gasteiger partial charge < -0.3 is 0 Å². The van der Waals surface area contributed by atoms with E-state index in [2.05, 4.69) is 55.0 Å². The third kappa shape index (κ3) is 3.70. The van der Waals surface area contributed by atoms with E-state index < -0.39 is 15.4 Å². The summed E-state index contributed by atoms with van der Waals surface area (Å²) in [6.45, 7) is 6.84. The van der Waals surface area contributed by atoms with E-state index >= 15 is 0 Å². The Bertz CT molecular complexity index is 1140. The number of rotatable bonds is 5. The molecule has 4 rings (SSSR count). The first-order chi connectivity index (χ1) is 14.2. The SMILES string of the molecule is Cc1ccc(S(=O)(=O)NC[C@]2(c3ccccc3)CCC(C)(C)c3ccccc32)cc1. The first kappa shape index (κ1) is 20.8. The second-order valence-corrected chi connectivity index (χ2v) is 10.8. The summed E-state index contributed by atoms with van der Waals surface area (Å²) in [7, 11) is -3.60. The minimum Gasteiger partial charge on any atom is -0.210 e. The van der Waals surface area contributed by atoms with Gasteiger partial charge in [-0.2, -0.15) is 0 Å². The Kier molecular flexibility index (Phi) is 5.33. The van der Waals surface area contributed by atoms with Gasteiger partial charge in [-0.05, 0) is 54.0 Å². The van der Waals surface area contributed by atoms with Crippen molar-refractivity contribution in [2.45, 2.75) is 49.3 Å². The van der Waals surface area contributed by atoms with Crippen LogP contribution in [0.25, 0.3) is 0 Å². The van der Waals surface area contributed by atoms with E-state index in [0.29, 0.717) is 11.4 Å². The first-order valence-electron chi connectivity index (χ1n) is 10.5. The van der Waals surface area contributed by atoms with Crippen LogP contribution in [-0.2, 0) is 20.9 Å². The van der Waals surface area contributed by atoms with E-state index in [1.54, 1.807) is 12.1 Å². The lowest BCUT2D eigenvalue weighted by atomic mass is 9.59. The van der Waals surface area contributed by atoms with Crippen LogP contribution in [0, 0.1) is 6.92 Å². The average Bonchev–Trinajstić information content (AvgIpc) is 2.75. The molecule has 0 heterocycles. The molecule has 0 aliphatic heterocycles. The molecular weight excluding hydrogens is 390 g/mol. The van der Waals surface area contributed by atoms with Gasteiger partial charge >= 0.3 is 0 Å². The molecule has 0 saturated carbocycles. The monoisotopic (exact) mass is 419 g/mol. The van der Waals surface area contributed by atoms with Gasteiger partial charge in [0.15, 0.2) is 0 Å². The normalized spacial score (nSPS) is 20.5. The molecule has 0 aromatic heterocycles. The molecule has 1 aliphatic rings. The zero-order valence-corrected chi connectivity index (χ0v) is 18.7. The average molecular weight is 420 g/mol. The van der Waals surface area contributed by atoms with Gasteiger partial charge in [-0.15, -0.1) is 0 Å². The second kappa shape index (κ2) is 7.68. The summed E-state index contributed by atoms with van der Waals surface area (Å²) in [5.74, 6) is 0. The quantitative estimate of drug-likeness (QED) is 0.607. The van der Waals surface area contributed by atoms with Crippen LogP contribution in [0.2, 0.25) is 0 Å². The third-order valence-corrected chi connectivity index (χ3v) is 7.99. The number of benzene rings is 3. The van der Waals surface area contributed by atoms with Gasteiger partial charge in [0.2, 0.25) is 10.0 Å². The molecular formula is C26H29NO2S. The Morgan fingerprint density at radius 3 is 2.07 bits per heavy atom. The third-order valence-electron chi connectivity index (χ3n) is 6.57. The summed E-state index contributed by atoms with van der Waals surface area (Å²) >= 11 is 0. The Labute approximate surface area is 180 Å². The Balaban J connectivity index is 1.79. The predicted molar refractivity (Wildman–Crippen MR) is 122 cm³/mol. The number of aryl methyl sites for hydroxylation is 1. The van der Waals surface area contributed by atoms with E-state index in [1.165, 1.54) is 11.1 Å². The molecule has 3 aromatic carbocycles. The molecule has 0 spiro atoms. The van der Waals surface area contributed by atoms with Gasteiger partial charge in [-0.1, -0.05) is 86.1 Å². The van der Waals surface area contributed by atoms with E-state index in [9.17, 15) is 8.42 Å². The smallest absolute Gasteiger partial charge is 0.210 e. The van der Waals surface area contributed by atoms with Gasteiger partial charge in [0, 0.05) is 12.0 Å². The highest BCUT2D eigenvalue weighted by Crippen LogP contribution is 2.49. The van der Waals surface area contributed by atoms with Gasteiger partial charge in [0.05, 0.1) is 4.90 Å². The Morgan fingerprint density at radius 1 is 0.800 bits per heavy atom. The van der Waals surface area contributed by atoms with E-state index in [4.69, 9.17) is 0 Å². The van der Waals surface area contributed by atoms with Crippen LogP contribution in [-0.4, -0.2) is 15.0 Å². The molecule has 1 aliphatic carbocycles. The van der Waals surface area contributed by atoms with Gasteiger partial charge in [-0.25, -0.2) is 13.1 Å². The topological polar surface area (TPSA) is 46.2 Å². The molecule has 0 radical (unpaired) electrons. The zero-order chi connectivity index (χ0) is 21.4. The van der Waals surface area contributed by atoms with Crippen LogP contribution in [0.4, 0.5) is 0 Å². The molecule has 4 heteroatoms. The maximum atomic E-state index is 13.1. The Hall–Kier alpha value is -2.43. The van der Waals surface area contributed by atoms with Crippen molar-refractivity contribution in [1.82, 2.24) is 4.72 Å². The molecule has 1 atom stereocenters. The minimum absolute atomic E-state index is 0.0602. The van der Waals surface area contributed by atoms with Crippen molar-refractivity contribution >= 4 is 10.0 Å². The fourth-order valence-electron chi connectivity index (χ4n) is 4.65. The Morgan fingerprint density at radius 2 is 1.40 bits per heavy atom. The highest BCUT2D eigenvalue weighted by molar-refractivity contribution is 7.89. The van der Waals surface area contributed by atoms with Gasteiger partial charge in [0.1, 0.15) is 0 Å². The predicted octanol–water partition coefficient (Wildman–Crippen LogP) is 5.33. The van der Waals surface area contributed by atoms with Crippen molar-refractivity contribution in [3.63, 3.8) is 0 Å². The molecule has 1 N–H and O–H groups in total. The summed E-state index contributed by atoms with van der Waals surface area (Å²) in [6, 6.07) is 25.8. The van der Waals surface area contributed by atoms with Crippen LogP contribution in [0.5, 0.6) is 0 Å². The summed E-state index contributed by atoms with van der Waals surface area (Å²) in [4.78, 5) is 0.306. The first-order valence-corrected chi connectivity index (χ1v) is 11.9. The van der Waals surface area contributed by atoms with Crippen molar-refractivity contribution in [3.05, 3.63) is 101 Å². The highest BCUT2D eigenvalue weighted by Gasteiger charge is 2.44. The lowest BCUT2D eigenvalue weighted by Crippen LogP contribution is -2.46. The summed E-state index contributed by atoms with van der Waals surface area (Å²) < 4.78 is 29.1. The van der Waals surface area contributed by atoms with E-state index in [-0.39, 0.29) is 5.41 Å². The standard InChI is InChI=1S/C26H29NO2S/c1-20-13-15-22(16-14-20)30(28,29)27-19-26(21-9-5-4-6-10-21)18-17-25(2,3)23-11-7-8-12-24(23)26/h4-16,27H,17-19H2,1-3H3/t26-/m0/s1. The molecule has 3 aromatic rings. The largest absolute Gasteiger partial charge is 0.240 e. The summed E-state index contributed by atoms with van der Waals surface area (Å²) in [5, 5.41) is 0. The van der Waals surface area contributed by atoms with Crippen molar-refractivity contribution in [2.75, 3.05) is 6.54 Å². The molecule has 0 fully saturated rings. The van der Waals surface area contributed by atoms with E-state index in [0.717, 1.165) is 24.0 Å². The molecule has 30 heavy (non-hydrogen) atoms. The maximum absolute atomic E-state index is 13.1. The molecule has 0 amide bonds. The molecule has 0 unspecified atom stereocenters. The molecule has 0 saturated heterocycles. The molecule has 0 bridgehead atoms.